The molecule has 0 amide bonds. The minimum atomic E-state index is -1.49. The lowest BCUT2D eigenvalue weighted by atomic mass is 10.2. The molecule has 0 bridgehead atoms. The van der Waals surface area contributed by atoms with Gasteiger partial charge in [-0.1, -0.05) is 0 Å². The maximum Gasteiger partial charge on any atom is 0.335 e. The second-order valence-electron chi connectivity index (χ2n) is 2.36. The number of aliphatic carboxylic acids is 1. The quantitative estimate of drug-likeness (QED) is 0.555. The van der Waals surface area contributed by atoms with Gasteiger partial charge in [-0.25, -0.2) is 4.79 Å². The molecule has 0 radical (unpaired) electrons. The van der Waals surface area contributed by atoms with Crippen LogP contribution in [-0.4, -0.2) is 41.3 Å². The highest BCUT2D eigenvalue weighted by Gasteiger charge is 2.33. The van der Waals surface area contributed by atoms with Crippen molar-refractivity contribution in [1.29, 1.82) is 0 Å². The summed E-state index contributed by atoms with van der Waals surface area (Å²) in [6.45, 7) is 1.78. The number of aliphatic hydroxyl groups is 1. The van der Waals surface area contributed by atoms with Gasteiger partial charge in [-0.15, -0.1) is 0 Å². The van der Waals surface area contributed by atoms with E-state index in [0.29, 0.717) is 0 Å². The maximum atomic E-state index is 10.2. The first kappa shape index (κ1) is 8.45. The predicted molar refractivity (Wildman–Crippen MR) is 33.9 cm³/mol. The maximum absolute atomic E-state index is 10.2. The molecule has 1 fully saturated rings. The van der Waals surface area contributed by atoms with Gasteiger partial charge in [0.05, 0.1) is 6.61 Å². The second kappa shape index (κ2) is 3.17. The summed E-state index contributed by atoms with van der Waals surface area (Å²) < 4.78 is 9.82. The third-order valence-corrected chi connectivity index (χ3v) is 1.47. The fraction of sp³-hybridized carbons (Fsp3) is 0.833. The van der Waals surface area contributed by atoms with Crippen molar-refractivity contribution >= 4 is 5.97 Å². The number of hydrogen-bond donors (Lipinski definition) is 2. The minimum absolute atomic E-state index is 0.134. The van der Waals surface area contributed by atoms with E-state index in [1.165, 1.54) is 0 Å². The third kappa shape index (κ3) is 1.89. The minimum Gasteiger partial charge on any atom is -0.479 e. The summed E-state index contributed by atoms with van der Waals surface area (Å²) in [4.78, 5) is 10.2. The van der Waals surface area contributed by atoms with Crippen LogP contribution in [0, 0.1) is 0 Å². The Hall–Kier alpha value is -0.650. The molecule has 5 heteroatoms. The first-order chi connectivity index (χ1) is 5.11. The van der Waals surface area contributed by atoms with E-state index in [4.69, 9.17) is 19.7 Å². The molecule has 0 aromatic rings. The second-order valence-corrected chi connectivity index (χ2v) is 2.36. The fourth-order valence-corrected chi connectivity index (χ4v) is 0.880. The number of carboxylic acids is 1. The summed E-state index contributed by atoms with van der Waals surface area (Å²) in [7, 11) is 0. The molecule has 3 atom stereocenters. The van der Waals surface area contributed by atoms with Crippen LogP contribution in [0.2, 0.25) is 0 Å². The van der Waals surface area contributed by atoms with E-state index in [1.807, 2.05) is 0 Å². The number of ether oxygens (including phenoxy) is 2. The summed E-state index contributed by atoms with van der Waals surface area (Å²) in [6, 6.07) is 0. The highest BCUT2D eigenvalue weighted by molar-refractivity contribution is 5.72. The number of carbonyl (C=O) groups is 1. The SMILES string of the molecule is CC1OC[C@@H](C(O)C(=O)O)O1. The van der Waals surface area contributed by atoms with Crippen LogP contribution >= 0.6 is 0 Å². The average Bonchev–Trinajstić information content (AvgIpc) is 2.34. The Morgan fingerprint density at radius 1 is 1.73 bits per heavy atom. The van der Waals surface area contributed by atoms with Crippen LogP contribution < -0.4 is 0 Å². The van der Waals surface area contributed by atoms with Crippen LogP contribution in [-0.2, 0) is 14.3 Å². The van der Waals surface area contributed by atoms with Crippen molar-refractivity contribution in [3.63, 3.8) is 0 Å². The van der Waals surface area contributed by atoms with Crippen molar-refractivity contribution in [2.45, 2.75) is 25.4 Å². The molecule has 2 N–H and O–H groups in total. The Morgan fingerprint density at radius 3 is 2.73 bits per heavy atom. The molecule has 1 rings (SSSR count). The van der Waals surface area contributed by atoms with E-state index in [-0.39, 0.29) is 6.61 Å². The van der Waals surface area contributed by atoms with Gasteiger partial charge >= 0.3 is 5.97 Å². The molecule has 1 saturated heterocycles. The average molecular weight is 162 g/mol. The number of hydrogen-bond acceptors (Lipinski definition) is 4. The number of carboxylic acid groups (broad SMARTS) is 1. The molecule has 0 spiro atoms. The van der Waals surface area contributed by atoms with Crippen molar-refractivity contribution in [2.24, 2.45) is 0 Å². The molecule has 1 heterocycles. The Bertz CT molecular complexity index is 157. The fourth-order valence-electron chi connectivity index (χ4n) is 0.880. The van der Waals surface area contributed by atoms with Gasteiger partial charge in [-0.2, -0.15) is 0 Å². The normalized spacial score (nSPS) is 33.6. The topological polar surface area (TPSA) is 76.0 Å². The molecule has 1 aliphatic rings. The Labute approximate surface area is 63.5 Å². The highest BCUT2D eigenvalue weighted by Crippen LogP contribution is 2.13. The molecule has 0 aliphatic carbocycles. The summed E-state index contributed by atoms with van der Waals surface area (Å²) >= 11 is 0. The van der Waals surface area contributed by atoms with Gasteiger partial charge in [0.1, 0.15) is 6.10 Å². The van der Waals surface area contributed by atoms with Crippen molar-refractivity contribution < 1.29 is 24.5 Å². The molecular formula is C6H10O5. The number of aliphatic hydroxyl groups excluding tert-OH is 1. The van der Waals surface area contributed by atoms with Gasteiger partial charge in [0, 0.05) is 0 Å². The van der Waals surface area contributed by atoms with Gasteiger partial charge in [0.25, 0.3) is 0 Å². The monoisotopic (exact) mass is 162 g/mol. The van der Waals surface area contributed by atoms with E-state index in [0.717, 1.165) is 0 Å². The zero-order chi connectivity index (χ0) is 8.43. The Balaban J connectivity index is 2.43. The van der Waals surface area contributed by atoms with Gasteiger partial charge in [0.15, 0.2) is 12.4 Å². The van der Waals surface area contributed by atoms with E-state index in [9.17, 15) is 4.79 Å². The number of rotatable bonds is 2. The summed E-state index contributed by atoms with van der Waals surface area (Å²) in [6.07, 6.45) is -2.64. The molecule has 1 aliphatic heterocycles. The van der Waals surface area contributed by atoms with E-state index in [1.54, 1.807) is 6.92 Å². The first-order valence-corrected chi connectivity index (χ1v) is 3.29. The summed E-state index contributed by atoms with van der Waals surface area (Å²) in [5.41, 5.74) is 0. The van der Waals surface area contributed by atoms with Crippen molar-refractivity contribution in [1.82, 2.24) is 0 Å². The third-order valence-electron chi connectivity index (χ3n) is 1.47. The van der Waals surface area contributed by atoms with E-state index in [2.05, 4.69) is 0 Å². The lowest BCUT2D eigenvalue weighted by Crippen LogP contribution is -2.35. The zero-order valence-electron chi connectivity index (χ0n) is 6.06. The van der Waals surface area contributed by atoms with Crippen LogP contribution in [0.3, 0.4) is 0 Å². The van der Waals surface area contributed by atoms with E-state index < -0.39 is 24.5 Å². The summed E-state index contributed by atoms with van der Waals surface area (Å²) in [5.74, 6) is -1.28. The molecule has 0 aromatic carbocycles. The Morgan fingerprint density at radius 2 is 2.36 bits per heavy atom. The van der Waals surface area contributed by atoms with Gasteiger partial charge in [-0.3, -0.25) is 0 Å². The lowest BCUT2D eigenvalue weighted by molar-refractivity contribution is -0.154. The van der Waals surface area contributed by atoms with Gasteiger partial charge in [0.2, 0.25) is 0 Å². The van der Waals surface area contributed by atoms with Crippen LogP contribution in [0.4, 0.5) is 0 Å². The largest absolute Gasteiger partial charge is 0.479 e. The molecule has 0 saturated carbocycles. The molecule has 0 aromatic heterocycles. The van der Waals surface area contributed by atoms with Crippen molar-refractivity contribution in [3.05, 3.63) is 0 Å². The smallest absolute Gasteiger partial charge is 0.335 e. The van der Waals surface area contributed by atoms with E-state index >= 15 is 0 Å². The molecule has 64 valence electrons. The van der Waals surface area contributed by atoms with Crippen LogP contribution in [0.1, 0.15) is 6.92 Å². The standard InChI is InChI=1S/C6H10O5/c1-3-10-2-4(11-3)5(7)6(8)9/h3-5,7H,2H2,1H3,(H,8,9)/t3?,4-,5?/m0/s1. The molecule has 5 nitrogen and oxygen atoms in total. The van der Waals surface area contributed by atoms with Crippen LogP contribution in [0.5, 0.6) is 0 Å². The van der Waals surface area contributed by atoms with Gasteiger partial charge in [-0.05, 0) is 6.92 Å². The zero-order valence-corrected chi connectivity index (χ0v) is 6.06. The van der Waals surface area contributed by atoms with Crippen molar-refractivity contribution in [3.8, 4) is 0 Å². The highest BCUT2D eigenvalue weighted by atomic mass is 16.7. The molecule has 11 heavy (non-hydrogen) atoms. The molecule has 2 unspecified atom stereocenters. The van der Waals surface area contributed by atoms with Crippen LogP contribution in [0.25, 0.3) is 0 Å². The Kier molecular flexibility index (Phi) is 2.43. The van der Waals surface area contributed by atoms with Crippen molar-refractivity contribution in [2.75, 3.05) is 6.61 Å². The predicted octanol–water partition coefficient (Wildman–Crippen LogP) is -0.807. The lowest BCUT2D eigenvalue weighted by Gasteiger charge is -2.11. The van der Waals surface area contributed by atoms with Crippen LogP contribution in [0.15, 0.2) is 0 Å². The molecular weight excluding hydrogens is 152 g/mol. The summed E-state index contributed by atoms with van der Waals surface area (Å²) in [5, 5.41) is 17.3. The van der Waals surface area contributed by atoms with Gasteiger partial charge < -0.3 is 19.7 Å². The first-order valence-electron chi connectivity index (χ1n) is 3.29.